The Morgan fingerprint density at radius 3 is 1.96 bits per heavy atom. The minimum absolute atomic E-state index is 0.0386. The number of urea groups is 1. The normalized spacial score (nSPS) is 12.4. The zero-order valence-electron chi connectivity index (χ0n) is 30.0. The summed E-state index contributed by atoms with van der Waals surface area (Å²) in [5.41, 5.74) is 6.20. The van der Waals surface area contributed by atoms with Crippen LogP contribution in [0.15, 0.2) is 78.9 Å². The van der Waals surface area contributed by atoms with Crippen LogP contribution in [0.4, 0.5) is 20.1 Å². The molecule has 13 heteroatoms. The highest BCUT2D eigenvalue weighted by Crippen LogP contribution is 2.37. The molecule has 0 heterocycles. The van der Waals surface area contributed by atoms with E-state index in [0.29, 0.717) is 17.7 Å². The van der Waals surface area contributed by atoms with E-state index >= 15 is 0 Å². The maximum Gasteiger partial charge on any atom is 0.408 e. The second-order valence-corrected chi connectivity index (χ2v) is 18.5. The Balaban J connectivity index is 1.97. The van der Waals surface area contributed by atoms with Crippen molar-refractivity contribution in [1.29, 1.82) is 0 Å². The molecule has 0 fully saturated rings. The molecule has 12 nitrogen and oxygen atoms in total. The third kappa shape index (κ3) is 11.1. The van der Waals surface area contributed by atoms with Gasteiger partial charge >= 0.3 is 18.2 Å². The lowest BCUT2D eigenvalue weighted by atomic mass is 10.1. The topological polar surface area (TPSA) is 172 Å². The predicted molar refractivity (Wildman–Crippen MR) is 197 cm³/mol. The predicted octanol–water partition coefficient (Wildman–Crippen LogP) is 5.15. The first-order chi connectivity index (χ1) is 23.4. The third-order valence-corrected chi connectivity index (χ3v) is 13.0. The number of carboxylic acid groups (broad SMARTS) is 1. The average Bonchev–Trinajstić information content (AvgIpc) is 3.03. The fourth-order valence-corrected chi connectivity index (χ4v) is 10.3. The summed E-state index contributed by atoms with van der Waals surface area (Å²) in [6.07, 6.45) is -1.33. The molecule has 6 N–H and O–H groups in total. The Labute approximate surface area is 295 Å². The Morgan fingerprint density at radius 1 is 0.880 bits per heavy atom. The quantitative estimate of drug-likeness (QED) is 0.114. The largest absolute Gasteiger partial charge is 0.465 e. The van der Waals surface area contributed by atoms with Gasteiger partial charge in [0.25, 0.3) is 8.32 Å². The number of hydrogen-bond donors (Lipinski definition) is 5. The third-order valence-electron chi connectivity index (χ3n) is 8.05. The number of rotatable bonds is 14. The van der Waals surface area contributed by atoms with E-state index in [1.165, 1.54) is 7.05 Å². The zero-order chi connectivity index (χ0) is 37.1. The molecule has 0 saturated carbocycles. The van der Waals surface area contributed by atoms with Gasteiger partial charge in [0.05, 0.1) is 6.61 Å². The van der Waals surface area contributed by atoms with Crippen molar-refractivity contribution in [2.45, 2.75) is 84.2 Å². The van der Waals surface area contributed by atoms with Crippen molar-refractivity contribution in [3.63, 3.8) is 0 Å². The van der Waals surface area contributed by atoms with Crippen LogP contribution in [-0.2, 0) is 27.1 Å². The Bertz CT molecular complexity index is 1570. The number of ether oxygens (including phenoxy) is 1. The summed E-state index contributed by atoms with van der Waals surface area (Å²) in [6.45, 7) is 12.1. The molecule has 1 unspecified atom stereocenters. The molecule has 3 aromatic rings. The molecule has 50 heavy (non-hydrogen) atoms. The van der Waals surface area contributed by atoms with Crippen molar-refractivity contribution in [2.24, 2.45) is 5.73 Å². The molecule has 0 saturated heterocycles. The van der Waals surface area contributed by atoms with Gasteiger partial charge in [-0.15, -0.1) is 0 Å². The van der Waals surface area contributed by atoms with Crippen LogP contribution < -0.4 is 32.1 Å². The van der Waals surface area contributed by atoms with E-state index in [9.17, 15) is 24.3 Å². The number of benzene rings is 3. The number of primary amides is 1. The lowest BCUT2D eigenvalue weighted by molar-refractivity contribution is -0.118. The highest BCUT2D eigenvalue weighted by atomic mass is 28.4. The van der Waals surface area contributed by atoms with Crippen molar-refractivity contribution in [1.82, 2.24) is 15.5 Å². The molecule has 1 atom stereocenters. The van der Waals surface area contributed by atoms with Crippen molar-refractivity contribution < 1.29 is 33.4 Å². The van der Waals surface area contributed by atoms with Crippen molar-refractivity contribution >= 4 is 48.5 Å². The van der Waals surface area contributed by atoms with Crippen LogP contribution >= 0.6 is 0 Å². The summed E-state index contributed by atoms with van der Waals surface area (Å²) < 4.78 is 12.5. The molecule has 5 amide bonds. The average molecular weight is 706 g/mol. The van der Waals surface area contributed by atoms with Crippen molar-refractivity contribution in [3.05, 3.63) is 90.0 Å². The van der Waals surface area contributed by atoms with Crippen LogP contribution in [0.3, 0.4) is 0 Å². The second-order valence-electron chi connectivity index (χ2n) is 14.2. The Morgan fingerprint density at radius 2 is 1.46 bits per heavy atom. The summed E-state index contributed by atoms with van der Waals surface area (Å²) in [5.74, 6) is -0.510. The van der Waals surface area contributed by atoms with Gasteiger partial charge in [-0.1, -0.05) is 87.5 Å². The number of hydrogen-bond acceptors (Lipinski definition) is 6. The van der Waals surface area contributed by atoms with Crippen LogP contribution in [0, 0.1) is 0 Å². The molecular weight excluding hydrogens is 655 g/mol. The molecule has 270 valence electrons. The van der Waals surface area contributed by atoms with Gasteiger partial charge < -0.3 is 40.9 Å². The van der Waals surface area contributed by atoms with Gasteiger partial charge in [0.15, 0.2) is 0 Å². The molecule has 0 aliphatic heterocycles. The molecule has 0 aromatic heterocycles. The number of anilines is 1. The molecule has 3 aromatic carbocycles. The van der Waals surface area contributed by atoms with Gasteiger partial charge in [-0.25, -0.2) is 14.4 Å². The highest BCUT2D eigenvalue weighted by molar-refractivity contribution is 6.99. The van der Waals surface area contributed by atoms with Gasteiger partial charge in [0.2, 0.25) is 5.91 Å². The smallest absolute Gasteiger partial charge is 0.408 e. The van der Waals surface area contributed by atoms with Crippen LogP contribution in [-0.4, -0.2) is 67.7 Å². The number of carbonyl (C=O) groups is 4. The van der Waals surface area contributed by atoms with E-state index in [1.54, 1.807) is 32.9 Å². The fourth-order valence-electron chi connectivity index (χ4n) is 5.73. The molecule has 0 bridgehead atoms. The molecule has 0 aliphatic carbocycles. The lowest BCUT2D eigenvalue weighted by Gasteiger charge is -2.43. The number of alkyl carbamates (subject to hydrolysis) is 1. The van der Waals surface area contributed by atoms with Gasteiger partial charge in [-0.3, -0.25) is 4.79 Å². The summed E-state index contributed by atoms with van der Waals surface area (Å²) in [6, 6.07) is 24.0. The summed E-state index contributed by atoms with van der Waals surface area (Å²) in [4.78, 5) is 50.3. The monoisotopic (exact) mass is 705 g/mol. The molecule has 0 radical (unpaired) electrons. The van der Waals surface area contributed by atoms with E-state index in [4.69, 9.17) is 14.9 Å². The SMILES string of the molecule is CN(Cc1cc(NC(=O)C(CCCNC(N)=O)NC(=O)OC(C)(C)C)ccc1CO[Si](c1ccccc1)(c1ccccc1)C(C)(C)C)C(=O)O. The number of nitrogens with zero attached hydrogens (tertiary/aromatic N) is 1. The molecule has 3 rings (SSSR count). The van der Waals surface area contributed by atoms with E-state index in [1.807, 2.05) is 42.5 Å². The summed E-state index contributed by atoms with van der Waals surface area (Å²) in [5, 5.41) is 19.6. The van der Waals surface area contributed by atoms with Gasteiger partial charge in [0.1, 0.15) is 11.6 Å². The number of nitrogens with one attached hydrogen (secondary N) is 3. The minimum atomic E-state index is -2.91. The van der Waals surface area contributed by atoms with E-state index in [-0.39, 0.29) is 31.2 Å². The number of nitrogens with two attached hydrogens (primary N) is 1. The first-order valence-corrected chi connectivity index (χ1v) is 18.5. The maximum absolute atomic E-state index is 13.5. The number of carbonyl (C=O) groups excluding carboxylic acids is 3. The van der Waals surface area contributed by atoms with Crippen LogP contribution in [0.2, 0.25) is 5.04 Å². The highest BCUT2D eigenvalue weighted by Gasteiger charge is 2.50. The van der Waals surface area contributed by atoms with Crippen LogP contribution in [0.5, 0.6) is 0 Å². The number of amides is 5. The molecule has 0 aliphatic rings. The summed E-state index contributed by atoms with van der Waals surface area (Å²) in [7, 11) is -1.44. The standard InChI is InChI=1S/C37H51N5O7Si/c1-36(2,3)49-34(45)41-31(19-14-22-39-33(38)44)32(43)40-28-21-20-26(27(23-28)24-42(7)35(46)47)25-48-50(37(4,5)6,29-15-10-8-11-16-29)30-17-12-9-13-18-30/h8-13,15-18,20-21,23,31H,14,19,22,24-25H2,1-7H3,(H,40,43)(H,41,45)(H,46,47)(H3,38,39,44). The van der Waals surface area contributed by atoms with Crippen molar-refractivity contribution in [3.8, 4) is 0 Å². The van der Waals surface area contributed by atoms with Gasteiger partial charge in [-0.05, 0) is 72.3 Å². The van der Waals surface area contributed by atoms with E-state index < -0.39 is 44.1 Å². The Hall–Kier alpha value is -4.88. The van der Waals surface area contributed by atoms with Crippen molar-refractivity contribution in [2.75, 3.05) is 18.9 Å². The van der Waals surface area contributed by atoms with Gasteiger partial charge in [-0.2, -0.15) is 0 Å². The Kier molecular flexibility index (Phi) is 13.6. The van der Waals surface area contributed by atoms with E-state index in [0.717, 1.165) is 20.8 Å². The maximum atomic E-state index is 13.5. The first-order valence-electron chi connectivity index (χ1n) is 16.6. The van der Waals surface area contributed by atoms with Gasteiger partial charge in [0, 0.05) is 25.8 Å². The fraction of sp³-hybridized carbons (Fsp3) is 0.405. The molecule has 0 spiro atoms. The summed E-state index contributed by atoms with van der Waals surface area (Å²) >= 11 is 0. The molecular formula is C37H51N5O7Si. The first kappa shape index (κ1) is 39.6. The minimum Gasteiger partial charge on any atom is -0.465 e. The van der Waals surface area contributed by atoms with Crippen LogP contribution in [0.25, 0.3) is 0 Å². The zero-order valence-corrected chi connectivity index (χ0v) is 31.0. The second kappa shape index (κ2) is 17.2. The lowest BCUT2D eigenvalue weighted by Crippen LogP contribution is -2.66. The van der Waals surface area contributed by atoms with Crippen LogP contribution in [0.1, 0.15) is 65.5 Å². The van der Waals surface area contributed by atoms with E-state index in [2.05, 4.69) is 61.0 Å².